The number of benzene rings is 2. The molecule has 0 aliphatic carbocycles. The average molecular weight is 261 g/mol. The van der Waals surface area contributed by atoms with Crippen LogP contribution in [0.3, 0.4) is 0 Å². The van der Waals surface area contributed by atoms with Gasteiger partial charge < -0.3 is 4.74 Å². The van der Waals surface area contributed by atoms with Crippen molar-refractivity contribution in [3.05, 3.63) is 64.0 Å². The first kappa shape index (κ1) is 12.7. The van der Waals surface area contributed by atoms with Crippen LogP contribution < -0.4 is 4.74 Å². The molecule has 0 saturated heterocycles. The summed E-state index contributed by atoms with van der Waals surface area (Å²) < 4.78 is 18.7. The Hall–Kier alpha value is -2.76. The van der Waals surface area contributed by atoms with E-state index in [2.05, 4.69) is 0 Å². The van der Waals surface area contributed by atoms with E-state index in [1.165, 1.54) is 30.3 Å². The minimum atomic E-state index is -0.825. The first-order valence-corrected chi connectivity index (χ1v) is 5.28. The van der Waals surface area contributed by atoms with Crippen LogP contribution in [-0.4, -0.2) is 11.2 Å². The molecule has 0 aliphatic rings. The van der Waals surface area contributed by atoms with Crippen LogP contribution in [0.5, 0.6) is 11.5 Å². The predicted molar refractivity (Wildman–Crippen MR) is 65.0 cm³/mol. The van der Waals surface area contributed by atoms with Crippen LogP contribution >= 0.6 is 0 Å². The van der Waals surface area contributed by atoms with Gasteiger partial charge in [-0.3, -0.25) is 14.9 Å². The van der Waals surface area contributed by atoms with E-state index in [0.29, 0.717) is 11.8 Å². The van der Waals surface area contributed by atoms with Crippen molar-refractivity contribution in [2.24, 2.45) is 0 Å². The number of para-hydroxylation sites is 1. The molecule has 96 valence electrons. The second-order valence-corrected chi connectivity index (χ2v) is 3.63. The molecule has 0 aromatic heterocycles. The Labute approximate surface area is 107 Å². The van der Waals surface area contributed by atoms with Crippen molar-refractivity contribution in [3.8, 4) is 11.5 Å². The van der Waals surface area contributed by atoms with Gasteiger partial charge >= 0.3 is 5.69 Å². The molecule has 0 radical (unpaired) electrons. The maximum atomic E-state index is 13.6. The van der Waals surface area contributed by atoms with Crippen LogP contribution in [0, 0.1) is 15.9 Å². The van der Waals surface area contributed by atoms with Gasteiger partial charge in [0.05, 0.1) is 4.92 Å². The summed E-state index contributed by atoms with van der Waals surface area (Å²) in [6, 6.07) is 9.25. The molecule has 0 heterocycles. The summed E-state index contributed by atoms with van der Waals surface area (Å²) in [5.41, 5.74) is -0.0325. The molecule has 0 N–H and O–H groups in total. The van der Waals surface area contributed by atoms with Crippen LogP contribution in [-0.2, 0) is 0 Å². The zero-order valence-electron chi connectivity index (χ0n) is 9.58. The predicted octanol–water partition coefficient (Wildman–Crippen LogP) is 3.34. The van der Waals surface area contributed by atoms with Gasteiger partial charge in [0.25, 0.3) is 0 Å². The van der Waals surface area contributed by atoms with Gasteiger partial charge in [0.15, 0.2) is 5.82 Å². The molecule has 0 amide bonds. The number of nitro benzene ring substituents is 1. The molecule has 0 spiro atoms. The van der Waals surface area contributed by atoms with Crippen molar-refractivity contribution < 1.29 is 18.8 Å². The molecule has 0 saturated carbocycles. The van der Waals surface area contributed by atoms with Crippen LogP contribution in [0.15, 0.2) is 42.5 Å². The Kier molecular flexibility index (Phi) is 3.51. The number of aldehydes is 1. The summed E-state index contributed by atoms with van der Waals surface area (Å²) in [6.07, 6.45) is 0.648. The maximum absolute atomic E-state index is 13.6. The summed E-state index contributed by atoms with van der Waals surface area (Å²) in [6.45, 7) is 0. The van der Waals surface area contributed by atoms with Crippen molar-refractivity contribution in [1.29, 1.82) is 0 Å². The largest absolute Gasteiger partial charge is 0.447 e. The van der Waals surface area contributed by atoms with Gasteiger partial charge in [-0.25, -0.2) is 4.39 Å². The summed E-state index contributed by atoms with van der Waals surface area (Å²) in [4.78, 5) is 20.5. The Morgan fingerprint density at radius 3 is 2.42 bits per heavy atom. The van der Waals surface area contributed by atoms with Crippen molar-refractivity contribution in [2.45, 2.75) is 0 Å². The maximum Gasteiger partial charge on any atom is 0.314 e. The Bertz CT molecular complexity index is 625. The Morgan fingerprint density at radius 1 is 1.16 bits per heavy atom. The third kappa shape index (κ3) is 2.74. The molecule has 2 aromatic rings. The topological polar surface area (TPSA) is 69.4 Å². The number of rotatable bonds is 4. The lowest BCUT2D eigenvalue weighted by atomic mass is 10.2. The van der Waals surface area contributed by atoms with Gasteiger partial charge in [-0.1, -0.05) is 6.07 Å². The highest BCUT2D eigenvalue weighted by molar-refractivity contribution is 5.74. The van der Waals surface area contributed by atoms with E-state index >= 15 is 0 Å². The summed E-state index contributed by atoms with van der Waals surface area (Å²) >= 11 is 0. The van der Waals surface area contributed by atoms with E-state index < -0.39 is 22.2 Å². The molecule has 5 nitrogen and oxygen atoms in total. The number of hydrogen-bond donors (Lipinski definition) is 0. The lowest BCUT2D eigenvalue weighted by molar-refractivity contribution is -0.385. The van der Waals surface area contributed by atoms with Crippen molar-refractivity contribution in [2.75, 3.05) is 0 Å². The SMILES string of the molecule is O=Cc1ccc(Oc2c(F)cccc2[N+](=O)[O-])cc1. The fourth-order valence-corrected chi connectivity index (χ4v) is 1.47. The van der Waals surface area contributed by atoms with Crippen LogP contribution in [0.25, 0.3) is 0 Å². The number of carbonyl (C=O) groups excluding carboxylic acids is 1. The monoisotopic (exact) mass is 261 g/mol. The van der Waals surface area contributed by atoms with Crippen LogP contribution in [0.4, 0.5) is 10.1 Å². The number of nitro groups is 1. The molecule has 0 aliphatic heterocycles. The first-order valence-electron chi connectivity index (χ1n) is 5.28. The molecule has 0 fully saturated rings. The normalized spacial score (nSPS) is 9.95. The van der Waals surface area contributed by atoms with Crippen LogP contribution in [0.1, 0.15) is 10.4 Å². The Morgan fingerprint density at radius 2 is 1.84 bits per heavy atom. The van der Waals surface area contributed by atoms with Crippen molar-refractivity contribution in [1.82, 2.24) is 0 Å². The minimum Gasteiger partial charge on any atom is -0.447 e. The zero-order valence-corrected chi connectivity index (χ0v) is 9.58. The van der Waals surface area contributed by atoms with Gasteiger partial charge in [0, 0.05) is 11.6 Å². The molecular formula is C13H8FNO4. The van der Waals surface area contributed by atoms with Gasteiger partial charge in [0.2, 0.25) is 5.75 Å². The van der Waals surface area contributed by atoms with Crippen LogP contribution in [0.2, 0.25) is 0 Å². The van der Waals surface area contributed by atoms with E-state index in [9.17, 15) is 19.3 Å². The molecule has 19 heavy (non-hydrogen) atoms. The molecule has 0 unspecified atom stereocenters. The van der Waals surface area contributed by atoms with E-state index in [1.807, 2.05) is 0 Å². The van der Waals surface area contributed by atoms with E-state index in [0.717, 1.165) is 12.1 Å². The average Bonchev–Trinajstić information content (AvgIpc) is 2.41. The second-order valence-electron chi connectivity index (χ2n) is 3.63. The zero-order chi connectivity index (χ0) is 13.8. The van der Waals surface area contributed by atoms with Crippen molar-refractivity contribution >= 4 is 12.0 Å². The van der Waals surface area contributed by atoms with Gasteiger partial charge in [-0.2, -0.15) is 0 Å². The fourth-order valence-electron chi connectivity index (χ4n) is 1.47. The van der Waals surface area contributed by atoms with E-state index in [-0.39, 0.29) is 5.75 Å². The van der Waals surface area contributed by atoms with Gasteiger partial charge in [0.1, 0.15) is 12.0 Å². The highest BCUT2D eigenvalue weighted by atomic mass is 19.1. The number of hydrogen-bond acceptors (Lipinski definition) is 4. The molecule has 0 bridgehead atoms. The van der Waals surface area contributed by atoms with Gasteiger partial charge in [-0.05, 0) is 30.3 Å². The number of nitrogens with zero attached hydrogens (tertiary/aromatic N) is 1. The standard InChI is InChI=1S/C13H8FNO4/c14-11-2-1-3-12(15(17)18)13(11)19-10-6-4-9(8-16)5-7-10/h1-8H. The van der Waals surface area contributed by atoms with Gasteiger partial charge in [-0.15, -0.1) is 0 Å². The lowest BCUT2D eigenvalue weighted by Crippen LogP contribution is -1.96. The fraction of sp³-hybridized carbons (Fsp3) is 0. The Balaban J connectivity index is 2.36. The smallest absolute Gasteiger partial charge is 0.314 e. The third-order valence-electron chi connectivity index (χ3n) is 2.38. The summed E-state index contributed by atoms with van der Waals surface area (Å²) in [7, 11) is 0. The molecule has 6 heteroatoms. The summed E-state index contributed by atoms with van der Waals surface area (Å²) in [5, 5.41) is 10.8. The quantitative estimate of drug-likeness (QED) is 0.480. The number of halogens is 1. The molecule has 2 aromatic carbocycles. The molecule has 0 atom stereocenters. The summed E-state index contributed by atoms with van der Waals surface area (Å²) in [5.74, 6) is -1.07. The lowest BCUT2D eigenvalue weighted by Gasteiger charge is -2.07. The number of carbonyl (C=O) groups is 1. The number of ether oxygens (including phenoxy) is 1. The third-order valence-corrected chi connectivity index (χ3v) is 2.38. The highest BCUT2D eigenvalue weighted by Crippen LogP contribution is 2.33. The second kappa shape index (κ2) is 5.26. The van der Waals surface area contributed by atoms with Crippen molar-refractivity contribution in [3.63, 3.8) is 0 Å². The molecular weight excluding hydrogens is 253 g/mol. The highest BCUT2D eigenvalue weighted by Gasteiger charge is 2.19. The minimum absolute atomic E-state index is 0.207. The van der Waals surface area contributed by atoms with E-state index in [4.69, 9.17) is 4.74 Å². The first-order chi connectivity index (χ1) is 9.11. The van der Waals surface area contributed by atoms with E-state index in [1.54, 1.807) is 0 Å². The molecule has 2 rings (SSSR count).